The highest BCUT2D eigenvalue weighted by Crippen LogP contribution is 2.19. The summed E-state index contributed by atoms with van der Waals surface area (Å²) in [6, 6.07) is 3.87. The van der Waals surface area contributed by atoms with E-state index in [-0.39, 0.29) is 11.9 Å². The minimum atomic E-state index is -0.119. The largest absolute Gasteiger partial charge is 0.455 e. The van der Waals surface area contributed by atoms with Gasteiger partial charge in [-0.3, -0.25) is 9.69 Å². The van der Waals surface area contributed by atoms with Gasteiger partial charge in [-0.05, 0) is 56.8 Å². The number of nitrogens with zero attached hydrogens (tertiary/aromatic N) is 4. The Labute approximate surface area is 153 Å². The number of carbonyl (C=O) groups excluding carboxylic acids is 1. The Morgan fingerprint density at radius 3 is 2.92 bits per heavy atom. The number of hydrogen-bond acceptors (Lipinski definition) is 5. The third kappa shape index (κ3) is 3.98. The Kier molecular flexibility index (Phi) is 5.06. The van der Waals surface area contributed by atoms with E-state index in [2.05, 4.69) is 31.9 Å². The van der Waals surface area contributed by atoms with E-state index in [0.29, 0.717) is 5.76 Å². The fourth-order valence-electron chi connectivity index (χ4n) is 3.83. The van der Waals surface area contributed by atoms with E-state index >= 15 is 0 Å². The number of likely N-dealkylation sites (tertiary alicyclic amines) is 1. The molecule has 4 heterocycles. The van der Waals surface area contributed by atoms with E-state index in [9.17, 15) is 4.79 Å². The minimum Gasteiger partial charge on any atom is -0.455 e. The molecule has 4 rings (SSSR count). The summed E-state index contributed by atoms with van der Waals surface area (Å²) in [6.45, 7) is 6.15. The van der Waals surface area contributed by atoms with Crippen molar-refractivity contribution in [2.45, 2.75) is 58.2 Å². The highest BCUT2D eigenvalue weighted by atomic mass is 16.4. The molecule has 1 amide bonds. The van der Waals surface area contributed by atoms with Crippen LogP contribution in [0.2, 0.25) is 0 Å². The molecule has 2 aromatic heterocycles. The molecule has 0 aliphatic carbocycles. The number of aromatic nitrogens is 3. The van der Waals surface area contributed by atoms with Gasteiger partial charge in [0.15, 0.2) is 5.76 Å². The lowest BCUT2D eigenvalue weighted by Gasteiger charge is -2.29. The standard InChI is InChI=1S/C19H27N5O2/c1-14-6-9-23(10-7-14)12-16-3-4-17(26-16)19(25)21-15-2-5-18-22-20-13-24(18)11-8-15/h3-4,13-15H,2,5-12H2,1H3,(H,21,25). The van der Waals surface area contributed by atoms with Crippen LogP contribution in [0.15, 0.2) is 22.9 Å². The maximum atomic E-state index is 12.5. The first-order valence-electron chi connectivity index (χ1n) is 9.66. The van der Waals surface area contributed by atoms with Crippen LogP contribution in [0.5, 0.6) is 0 Å². The van der Waals surface area contributed by atoms with E-state index in [4.69, 9.17) is 4.42 Å². The van der Waals surface area contributed by atoms with Crippen LogP contribution in [0, 0.1) is 5.92 Å². The Balaban J connectivity index is 1.30. The van der Waals surface area contributed by atoms with E-state index in [1.807, 2.05) is 6.07 Å². The molecule has 1 unspecified atom stereocenters. The number of aryl methyl sites for hydroxylation is 2. The van der Waals surface area contributed by atoms with Crippen molar-refractivity contribution in [1.29, 1.82) is 0 Å². The Morgan fingerprint density at radius 1 is 1.23 bits per heavy atom. The van der Waals surface area contributed by atoms with Gasteiger partial charge in [-0.15, -0.1) is 10.2 Å². The highest BCUT2D eigenvalue weighted by molar-refractivity contribution is 5.91. The van der Waals surface area contributed by atoms with Crippen LogP contribution < -0.4 is 5.32 Å². The van der Waals surface area contributed by atoms with Crippen LogP contribution >= 0.6 is 0 Å². The third-order valence-electron chi connectivity index (χ3n) is 5.61. The van der Waals surface area contributed by atoms with Gasteiger partial charge in [0.05, 0.1) is 6.54 Å². The second-order valence-corrected chi connectivity index (χ2v) is 7.66. The van der Waals surface area contributed by atoms with Crippen molar-refractivity contribution in [2.75, 3.05) is 13.1 Å². The Morgan fingerprint density at radius 2 is 2.08 bits per heavy atom. The molecule has 26 heavy (non-hydrogen) atoms. The van der Waals surface area contributed by atoms with Gasteiger partial charge in [0, 0.05) is 19.0 Å². The molecular weight excluding hydrogens is 330 g/mol. The molecular formula is C19H27N5O2. The molecule has 0 bridgehead atoms. The Hall–Kier alpha value is -2.15. The number of fused-ring (bicyclic) bond motifs is 1. The van der Waals surface area contributed by atoms with Crippen molar-refractivity contribution in [3.8, 4) is 0 Å². The lowest BCUT2D eigenvalue weighted by molar-refractivity contribution is 0.0899. The molecule has 2 aromatic rings. The molecule has 0 aromatic carbocycles. The normalized spacial score (nSPS) is 22.0. The number of rotatable bonds is 4. The van der Waals surface area contributed by atoms with Crippen molar-refractivity contribution >= 4 is 5.91 Å². The Bertz CT molecular complexity index is 722. The maximum absolute atomic E-state index is 12.5. The topological polar surface area (TPSA) is 76.2 Å². The van der Waals surface area contributed by atoms with E-state index in [1.165, 1.54) is 12.8 Å². The summed E-state index contributed by atoms with van der Waals surface area (Å²) in [6.07, 6.45) is 6.84. The van der Waals surface area contributed by atoms with Crippen LogP contribution in [-0.4, -0.2) is 44.7 Å². The van der Waals surface area contributed by atoms with Gasteiger partial charge in [-0.25, -0.2) is 0 Å². The molecule has 1 fully saturated rings. The first-order chi connectivity index (χ1) is 12.7. The summed E-state index contributed by atoms with van der Waals surface area (Å²) in [5, 5.41) is 11.2. The van der Waals surface area contributed by atoms with Crippen molar-refractivity contribution in [3.63, 3.8) is 0 Å². The van der Waals surface area contributed by atoms with Gasteiger partial charge in [-0.1, -0.05) is 6.92 Å². The van der Waals surface area contributed by atoms with Crippen LogP contribution in [-0.2, 0) is 19.5 Å². The average Bonchev–Trinajstić information content (AvgIpc) is 3.25. The first-order valence-corrected chi connectivity index (χ1v) is 9.66. The SMILES string of the molecule is CC1CCN(Cc2ccc(C(=O)NC3CCc4nncn4CC3)o2)CC1. The molecule has 0 saturated carbocycles. The zero-order chi connectivity index (χ0) is 17.9. The fraction of sp³-hybridized carbons (Fsp3) is 0.632. The predicted molar refractivity (Wildman–Crippen MR) is 96.6 cm³/mol. The summed E-state index contributed by atoms with van der Waals surface area (Å²) >= 11 is 0. The van der Waals surface area contributed by atoms with Crippen molar-refractivity contribution < 1.29 is 9.21 Å². The van der Waals surface area contributed by atoms with Gasteiger partial charge in [0.1, 0.15) is 17.9 Å². The molecule has 7 nitrogen and oxygen atoms in total. The lowest BCUT2D eigenvalue weighted by atomic mass is 9.99. The van der Waals surface area contributed by atoms with Crippen molar-refractivity contribution in [3.05, 3.63) is 35.8 Å². The quantitative estimate of drug-likeness (QED) is 0.908. The number of nitrogens with one attached hydrogen (secondary N) is 1. The molecule has 0 spiro atoms. The summed E-state index contributed by atoms with van der Waals surface area (Å²) in [5.74, 6) is 2.98. The summed E-state index contributed by atoms with van der Waals surface area (Å²) in [5.41, 5.74) is 0. The second-order valence-electron chi connectivity index (χ2n) is 7.66. The van der Waals surface area contributed by atoms with Gasteiger partial charge < -0.3 is 14.3 Å². The zero-order valence-electron chi connectivity index (χ0n) is 15.4. The summed E-state index contributed by atoms with van der Waals surface area (Å²) < 4.78 is 7.88. The summed E-state index contributed by atoms with van der Waals surface area (Å²) in [7, 11) is 0. The molecule has 1 N–H and O–H groups in total. The molecule has 7 heteroatoms. The van der Waals surface area contributed by atoms with Crippen molar-refractivity contribution in [2.24, 2.45) is 5.92 Å². The molecule has 2 aliphatic heterocycles. The van der Waals surface area contributed by atoms with Gasteiger partial charge in [0.25, 0.3) is 5.91 Å². The van der Waals surface area contributed by atoms with Gasteiger partial charge >= 0.3 is 0 Å². The van der Waals surface area contributed by atoms with E-state index in [1.54, 1.807) is 12.4 Å². The van der Waals surface area contributed by atoms with E-state index < -0.39 is 0 Å². The van der Waals surface area contributed by atoms with Gasteiger partial charge in [0.2, 0.25) is 0 Å². The van der Waals surface area contributed by atoms with Crippen LogP contribution in [0.3, 0.4) is 0 Å². The molecule has 1 atom stereocenters. The average molecular weight is 357 g/mol. The number of amides is 1. The minimum absolute atomic E-state index is 0.119. The molecule has 1 saturated heterocycles. The fourth-order valence-corrected chi connectivity index (χ4v) is 3.83. The monoisotopic (exact) mass is 357 g/mol. The number of piperidine rings is 1. The lowest BCUT2D eigenvalue weighted by Crippen LogP contribution is -2.35. The number of furan rings is 1. The van der Waals surface area contributed by atoms with Crippen LogP contribution in [0.1, 0.15) is 54.7 Å². The molecule has 0 radical (unpaired) electrons. The number of carbonyl (C=O) groups is 1. The smallest absolute Gasteiger partial charge is 0.287 e. The van der Waals surface area contributed by atoms with Gasteiger partial charge in [-0.2, -0.15) is 0 Å². The maximum Gasteiger partial charge on any atom is 0.287 e. The van der Waals surface area contributed by atoms with Crippen molar-refractivity contribution in [1.82, 2.24) is 25.0 Å². The predicted octanol–water partition coefficient (Wildman–Crippen LogP) is 2.24. The van der Waals surface area contributed by atoms with Crippen LogP contribution in [0.4, 0.5) is 0 Å². The van der Waals surface area contributed by atoms with E-state index in [0.717, 1.165) is 62.9 Å². The zero-order valence-corrected chi connectivity index (χ0v) is 15.4. The second kappa shape index (κ2) is 7.61. The van der Waals surface area contributed by atoms with Crippen LogP contribution in [0.25, 0.3) is 0 Å². The molecule has 2 aliphatic rings. The number of hydrogen-bond donors (Lipinski definition) is 1. The third-order valence-corrected chi connectivity index (χ3v) is 5.61. The highest BCUT2D eigenvalue weighted by Gasteiger charge is 2.22. The first kappa shape index (κ1) is 17.3. The summed E-state index contributed by atoms with van der Waals surface area (Å²) in [4.78, 5) is 14.9. The molecule has 140 valence electrons.